The number of rotatable bonds is 13. The first-order valence-electron chi connectivity index (χ1n) is 12.8. The van der Waals surface area contributed by atoms with Crippen LogP contribution in [0.15, 0.2) is 23.2 Å². The number of piperazine rings is 1. The fourth-order valence-electron chi connectivity index (χ4n) is 4.62. The van der Waals surface area contributed by atoms with E-state index in [9.17, 15) is 10.4 Å². The lowest BCUT2D eigenvalue weighted by Gasteiger charge is -2.36. The van der Waals surface area contributed by atoms with Crippen LogP contribution in [0, 0.1) is 17.2 Å². The van der Waals surface area contributed by atoms with Gasteiger partial charge in [-0.3, -0.25) is 4.90 Å². The van der Waals surface area contributed by atoms with E-state index in [1.54, 1.807) is 33.1 Å². The van der Waals surface area contributed by atoms with Crippen molar-refractivity contribution in [2.75, 3.05) is 71.3 Å². The molecule has 2 aromatic rings. The molecule has 0 bridgehead atoms. The lowest BCUT2D eigenvalue weighted by Crippen LogP contribution is -2.48. The zero-order valence-corrected chi connectivity index (χ0v) is 23.6. The minimum absolute atomic E-state index is 0.125. The molecule has 2 heterocycles. The number of hydrogen-bond acceptors (Lipinski definition) is 9. The topological polar surface area (TPSA) is 91.1 Å². The molecule has 0 saturated carbocycles. The maximum atomic E-state index is 10.4. The number of methoxy groups -OCH3 is 3. The van der Waals surface area contributed by atoms with Crippen LogP contribution >= 0.6 is 11.8 Å². The van der Waals surface area contributed by atoms with Crippen molar-refractivity contribution in [3.05, 3.63) is 40.5 Å². The van der Waals surface area contributed by atoms with Gasteiger partial charge in [0, 0.05) is 51.1 Å². The van der Waals surface area contributed by atoms with Crippen LogP contribution in [0.3, 0.4) is 0 Å². The largest absolute Gasteiger partial charge is 0.493 e. The lowest BCUT2D eigenvalue weighted by molar-refractivity contribution is 0.143. The highest BCUT2D eigenvalue weighted by molar-refractivity contribution is 7.99. The zero-order valence-electron chi connectivity index (χ0n) is 22.7. The van der Waals surface area contributed by atoms with Gasteiger partial charge < -0.3 is 24.2 Å². The van der Waals surface area contributed by atoms with Crippen molar-refractivity contribution < 1.29 is 19.3 Å². The number of aryl methyl sites for hydroxylation is 1. The summed E-state index contributed by atoms with van der Waals surface area (Å²) in [7, 11) is 4.99. The molecule has 1 fully saturated rings. The van der Waals surface area contributed by atoms with Crippen molar-refractivity contribution in [2.45, 2.75) is 38.3 Å². The lowest BCUT2D eigenvalue weighted by atomic mass is 9.95. The first-order valence-corrected chi connectivity index (χ1v) is 13.8. The van der Waals surface area contributed by atoms with Crippen molar-refractivity contribution in [3.8, 4) is 17.6 Å². The van der Waals surface area contributed by atoms with Gasteiger partial charge in [0.2, 0.25) is 0 Å². The summed E-state index contributed by atoms with van der Waals surface area (Å²) < 4.78 is 16.0. The molecule has 9 heteroatoms. The Hall–Kier alpha value is -2.51. The number of aromatic nitrogens is 1. The Morgan fingerprint density at radius 3 is 2.41 bits per heavy atom. The molecule has 202 valence electrons. The summed E-state index contributed by atoms with van der Waals surface area (Å²) in [5, 5.41) is 21.3. The molecule has 37 heavy (non-hydrogen) atoms. The van der Waals surface area contributed by atoms with Gasteiger partial charge in [0.25, 0.3) is 0 Å². The summed E-state index contributed by atoms with van der Waals surface area (Å²) in [6.45, 7) is 9.26. The van der Waals surface area contributed by atoms with Crippen molar-refractivity contribution in [2.24, 2.45) is 5.92 Å². The Bertz CT molecular complexity index is 1070. The smallest absolute Gasteiger partial charge is 0.160 e. The van der Waals surface area contributed by atoms with Crippen molar-refractivity contribution >= 4 is 17.6 Å². The number of aliphatic hydroxyl groups is 1. The molecule has 3 rings (SSSR count). The summed E-state index contributed by atoms with van der Waals surface area (Å²) in [6, 6.07) is 8.36. The number of ether oxygens (including phenoxy) is 3. The normalized spacial score (nSPS) is 14.2. The molecule has 1 aliphatic rings. The van der Waals surface area contributed by atoms with Gasteiger partial charge >= 0.3 is 0 Å². The number of aliphatic hydroxyl groups excluding tert-OH is 1. The zero-order chi connectivity index (χ0) is 26.8. The van der Waals surface area contributed by atoms with Crippen molar-refractivity contribution in [1.82, 2.24) is 9.88 Å². The monoisotopic (exact) mass is 528 g/mol. The molecular weight excluding hydrogens is 488 g/mol. The van der Waals surface area contributed by atoms with Crippen LogP contribution < -0.4 is 14.4 Å². The second kappa shape index (κ2) is 14.4. The average molecular weight is 529 g/mol. The summed E-state index contributed by atoms with van der Waals surface area (Å²) >= 11 is 1.60. The molecule has 0 unspecified atom stereocenters. The molecule has 0 amide bonds. The number of nitrogens with zero attached hydrogens (tertiary/aromatic N) is 4. The molecule has 0 spiro atoms. The summed E-state index contributed by atoms with van der Waals surface area (Å²) in [4.78, 5) is 9.65. The minimum atomic E-state index is -0.125. The van der Waals surface area contributed by atoms with E-state index in [-0.39, 0.29) is 6.61 Å². The predicted molar refractivity (Wildman–Crippen MR) is 148 cm³/mol. The van der Waals surface area contributed by atoms with Crippen LogP contribution in [0.1, 0.15) is 36.1 Å². The first kappa shape index (κ1) is 29.1. The number of pyridine rings is 1. The van der Waals surface area contributed by atoms with Gasteiger partial charge in [-0.1, -0.05) is 19.9 Å². The molecular formula is C28H40N4O4S. The highest BCUT2D eigenvalue weighted by Gasteiger charge is 2.26. The first-order chi connectivity index (χ1) is 17.9. The SMILES string of the molecule is COCCN1CCN(c2nc(SCCc3ccc(OC)c(OC)c3)c(C#N)c(CC(C)C)c2CO)CC1. The van der Waals surface area contributed by atoms with E-state index in [0.29, 0.717) is 23.0 Å². The molecule has 1 aromatic carbocycles. The summed E-state index contributed by atoms with van der Waals surface area (Å²) in [5.74, 6) is 3.35. The Morgan fingerprint density at radius 1 is 1.08 bits per heavy atom. The summed E-state index contributed by atoms with van der Waals surface area (Å²) in [6.07, 6.45) is 1.53. The van der Waals surface area contributed by atoms with Crippen LogP contribution in [-0.2, 0) is 24.2 Å². The quantitative estimate of drug-likeness (QED) is 0.390. The summed E-state index contributed by atoms with van der Waals surface area (Å²) in [5.41, 5.74) is 3.45. The minimum Gasteiger partial charge on any atom is -0.493 e. The number of nitriles is 1. The number of anilines is 1. The van der Waals surface area contributed by atoms with E-state index in [1.807, 2.05) is 18.2 Å². The van der Waals surface area contributed by atoms with Crippen molar-refractivity contribution in [1.29, 1.82) is 5.26 Å². The molecule has 1 aromatic heterocycles. The Balaban J connectivity index is 1.86. The van der Waals surface area contributed by atoms with E-state index in [0.717, 1.165) is 85.5 Å². The van der Waals surface area contributed by atoms with Crippen LogP contribution in [0.5, 0.6) is 11.5 Å². The molecule has 1 saturated heterocycles. The Labute approximate surface area is 225 Å². The van der Waals surface area contributed by atoms with Crippen LogP contribution in [0.2, 0.25) is 0 Å². The second-order valence-corrected chi connectivity index (χ2v) is 10.6. The van der Waals surface area contributed by atoms with Gasteiger partial charge in [0.1, 0.15) is 16.9 Å². The maximum Gasteiger partial charge on any atom is 0.160 e. The van der Waals surface area contributed by atoms with Gasteiger partial charge in [-0.15, -0.1) is 11.8 Å². The van der Waals surface area contributed by atoms with Gasteiger partial charge in [0.05, 0.1) is 33.0 Å². The highest BCUT2D eigenvalue weighted by atomic mass is 32.2. The number of benzene rings is 1. The fourth-order valence-corrected chi connectivity index (χ4v) is 5.62. The van der Waals surface area contributed by atoms with Gasteiger partial charge in [0.15, 0.2) is 11.5 Å². The molecule has 0 atom stereocenters. The standard InChI is InChI=1S/C28H40N4O4S/c1-20(2)16-22-23(18-29)28(37-15-8-21-6-7-25(35-4)26(17-21)36-5)30-27(24(22)19-33)32-11-9-31(10-12-32)13-14-34-3/h6-7,17,20,33H,8-16,19H2,1-5H3. The number of thioether (sulfide) groups is 1. The van der Waals surface area contributed by atoms with E-state index in [4.69, 9.17) is 19.2 Å². The predicted octanol–water partition coefficient (Wildman–Crippen LogP) is 3.76. The van der Waals surface area contributed by atoms with Crippen molar-refractivity contribution in [3.63, 3.8) is 0 Å². The van der Waals surface area contributed by atoms with Gasteiger partial charge in [-0.2, -0.15) is 5.26 Å². The molecule has 0 aliphatic carbocycles. The average Bonchev–Trinajstić information content (AvgIpc) is 2.91. The van der Waals surface area contributed by atoms with E-state index in [2.05, 4.69) is 29.7 Å². The van der Waals surface area contributed by atoms with Crippen LogP contribution in [0.4, 0.5) is 5.82 Å². The number of hydrogen-bond donors (Lipinski definition) is 1. The Morgan fingerprint density at radius 2 is 1.81 bits per heavy atom. The van der Waals surface area contributed by atoms with Crippen LogP contribution in [0.25, 0.3) is 0 Å². The maximum absolute atomic E-state index is 10.4. The third-order valence-corrected chi connectivity index (χ3v) is 7.58. The molecule has 0 radical (unpaired) electrons. The molecule has 1 aliphatic heterocycles. The van der Waals surface area contributed by atoms with E-state index >= 15 is 0 Å². The third-order valence-electron chi connectivity index (χ3n) is 6.60. The van der Waals surface area contributed by atoms with Gasteiger partial charge in [-0.05, 0) is 42.0 Å². The van der Waals surface area contributed by atoms with Crippen LogP contribution in [-0.4, -0.2) is 81.4 Å². The third kappa shape index (κ3) is 7.51. The molecule has 1 N–H and O–H groups in total. The second-order valence-electron chi connectivity index (χ2n) is 9.55. The van der Waals surface area contributed by atoms with E-state index < -0.39 is 0 Å². The fraction of sp³-hybridized carbons (Fsp3) is 0.571. The highest BCUT2D eigenvalue weighted by Crippen LogP contribution is 2.35. The molecule has 8 nitrogen and oxygen atoms in total. The van der Waals surface area contributed by atoms with Gasteiger partial charge in [-0.25, -0.2) is 4.98 Å². The Kier molecular flexibility index (Phi) is 11.3. The van der Waals surface area contributed by atoms with E-state index in [1.165, 1.54) is 0 Å².